The highest BCUT2D eigenvalue weighted by Gasteiger charge is 2.28. The number of aliphatic imine (C=N–C) groups is 1. The Morgan fingerprint density at radius 3 is 2.39 bits per heavy atom. The number of hydrogen-bond acceptors (Lipinski definition) is 3. The molecule has 0 spiro atoms. The van der Waals surface area contributed by atoms with Gasteiger partial charge in [0.05, 0.1) is 6.54 Å². The molecule has 1 fully saturated rings. The number of guanidine groups is 1. The Hall–Kier alpha value is -1.02. The van der Waals surface area contributed by atoms with Gasteiger partial charge < -0.3 is 15.5 Å². The molecule has 0 saturated carbocycles. The van der Waals surface area contributed by atoms with Gasteiger partial charge in [0.1, 0.15) is 0 Å². The fraction of sp³-hybridized carbons (Fsp3) is 0.933. The molecule has 8 heteroatoms. The van der Waals surface area contributed by atoms with Crippen LogP contribution >= 0.6 is 0 Å². The van der Waals surface area contributed by atoms with Crippen LogP contribution in [0.25, 0.3) is 0 Å². The van der Waals surface area contributed by atoms with Crippen molar-refractivity contribution in [2.24, 2.45) is 4.99 Å². The summed E-state index contributed by atoms with van der Waals surface area (Å²) in [6.07, 6.45) is 0.389. The van der Waals surface area contributed by atoms with Gasteiger partial charge in [0.15, 0.2) is 5.96 Å². The Morgan fingerprint density at radius 2 is 1.78 bits per heavy atom. The van der Waals surface area contributed by atoms with E-state index in [4.69, 9.17) is 0 Å². The van der Waals surface area contributed by atoms with Gasteiger partial charge in [0.2, 0.25) is 0 Å². The van der Waals surface area contributed by atoms with Gasteiger partial charge in [-0.05, 0) is 45.9 Å². The van der Waals surface area contributed by atoms with Gasteiger partial charge in [0, 0.05) is 26.7 Å². The first-order chi connectivity index (χ1) is 10.9. The first kappa shape index (κ1) is 20.0. The molecule has 0 radical (unpaired) electrons. The van der Waals surface area contributed by atoms with Crippen molar-refractivity contribution in [1.29, 1.82) is 0 Å². The summed E-state index contributed by atoms with van der Waals surface area (Å²) in [5, 5.41) is 6.38. The van der Waals surface area contributed by atoms with Crippen molar-refractivity contribution in [3.05, 3.63) is 0 Å². The maximum absolute atomic E-state index is 12.2. The van der Waals surface area contributed by atoms with E-state index in [0.29, 0.717) is 25.5 Å². The summed E-state index contributed by atoms with van der Waals surface area (Å²) < 4.78 is 36.6. The van der Waals surface area contributed by atoms with E-state index in [1.54, 1.807) is 7.05 Å². The molecular formula is C15H30F3N5. The summed E-state index contributed by atoms with van der Waals surface area (Å²) in [5.74, 6) is 0.709. The summed E-state index contributed by atoms with van der Waals surface area (Å²) in [6.45, 7) is 4.29. The first-order valence-corrected chi connectivity index (χ1v) is 8.33. The number of nitrogens with one attached hydrogen (secondary N) is 2. The van der Waals surface area contributed by atoms with Crippen LogP contribution in [0.1, 0.15) is 25.7 Å². The molecular weight excluding hydrogens is 307 g/mol. The minimum atomic E-state index is -4.13. The number of rotatable bonds is 8. The second kappa shape index (κ2) is 10.7. The van der Waals surface area contributed by atoms with Crippen LogP contribution in [0.4, 0.5) is 13.2 Å². The van der Waals surface area contributed by atoms with Crippen LogP contribution < -0.4 is 10.6 Å². The van der Waals surface area contributed by atoms with Crippen LogP contribution in [0.15, 0.2) is 4.99 Å². The second-order valence-corrected chi connectivity index (χ2v) is 6.03. The lowest BCUT2D eigenvalue weighted by molar-refractivity contribution is -0.143. The molecule has 1 saturated heterocycles. The Balaban J connectivity index is 2.07. The van der Waals surface area contributed by atoms with E-state index >= 15 is 0 Å². The smallest absolute Gasteiger partial charge is 0.356 e. The Labute approximate surface area is 137 Å². The van der Waals surface area contributed by atoms with Crippen molar-refractivity contribution >= 4 is 5.96 Å². The predicted octanol–water partition coefficient (Wildman–Crippen LogP) is 1.52. The predicted molar refractivity (Wildman–Crippen MR) is 87.8 cm³/mol. The Bertz CT molecular complexity index is 340. The van der Waals surface area contributed by atoms with E-state index in [2.05, 4.69) is 20.5 Å². The van der Waals surface area contributed by atoms with Crippen molar-refractivity contribution in [3.8, 4) is 0 Å². The number of nitrogens with zero attached hydrogens (tertiary/aromatic N) is 3. The largest absolute Gasteiger partial charge is 0.401 e. The average molecular weight is 337 g/mol. The molecule has 1 aliphatic heterocycles. The van der Waals surface area contributed by atoms with Crippen LogP contribution in [0.3, 0.4) is 0 Å². The minimum Gasteiger partial charge on any atom is -0.356 e. The average Bonchev–Trinajstić information content (AvgIpc) is 2.49. The highest BCUT2D eigenvalue weighted by atomic mass is 19.4. The topological polar surface area (TPSA) is 42.9 Å². The summed E-state index contributed by atoms with van der Waals surface area (Å²) in [4.78, 5) is 7.86. The highest BCUT2D eigenvalue weighted by Crippen LogP contribution is 2.15. The Kier molecular flexibility index (Phi) is 9.31. The van der Waals surface area contributed by atoms with Crippen molar-refractivity contribution < 1.29 is 13.2 Å². The van der Waals surface area contributed by atoms with Crippen LogP contribution in [-0.2, 0) is 0 Å². The van der Waals surface area contributed by atoms with Gasteiger partial charge in [-0.3, -0.25) is 9.89 Å². The Morgan fingerprint density at radius 1 is 1.13 bits per heavy atom. The van der Waals surface area contributed by atoms with Crippen molar-refractivity contribution in [2.45, 2.75) is 31.9 Å². The maximum atomic E-state index is 12.2. The molecule has 1 rings (SSSR count). The number of likely N-dealkylation sites (tertiary alicyclic amines) is 1. The molecule has 0 aromatic rings. The van der Waals surface area contributed by atoms with Gasteiger partial charge in [-0.1, -0.05) is 6.42 Å². The third-order valence-electron chi connectivity index (χ3n) is 3.85. The summed E-state index contributed by atoms with van der Waals surface area (Å²) in [5.41, 5.74) is 0. The third kappa shape index (κ3) is 10.4. The zero-order valence-corrected chi connectivity index (χ0v) is 14.3. The third-order valence-corrected chi connectivity index (χ3v) is 3.85. The summed E-state index contributed by atoms with van der Waals surface area (Å²) in [7, 11) is 3.19. The second-order valence-electron chi connectivity index (χ2n) is 6.03. The van der Waals surface area contributed by atoms with E-state index in [0.717, 1.165) is 13.1 Å². The first-order valence-electron chi connectivity index (χ1n) is 8.33. The van der Waals surface area contributed by atoms with Gasteiger partial charge in [0.25, 0.3) is 0 Å². The van der Waals surface area contributed by atoms with Crippen molar-refractivity contribution in [3.63, 3.8) is 0 Å². The minimum absolute atomic E-state index is 0.400. The maximum Gasteiger partial charge on any atom is 0.401 e. The fourth-order valence-corrected chi connectivity index (χ4v) is 2.68. The van der Waals surface area contributed by atoms with Gasteiger partial charge in [-0.15, -0.1) is 0 Å². The van der Waals surface area contributed by atoms with Crippen LogP contribution in [0, 0.1) is 0 Å². The zero-order valence-electron chi connectivity index (χ0n) is 14.3. The van der Waals surface area contributed by atoms with Gasteiger partial charge >= 0.3 is 6.18 Å². The summed E-state index contributed by atoms with van der Waals surface area (Å²) in [6, 6.07) is 0. The van der Waals surface area contributed by atoms with E-state index in [1.807, 2.05) is 0 Å². The molecule has 0 aliphatic carbocycles. The highest BCUT2D eigenvalue weighted by molar-refractivity contribution is 5.79. The lowest BCUT2D eigenvalue weighted by Crippen LogP contribution is -2.43. The molecule has 0 amide bonds. The quantitative estimate of drug-likeness (QED) is 0.400. The molecule has 2 N–H and O–H groups in total. The molecule has 0 bridgehead atoms. The van der Waals surface area contributed by atoms with Crippen LogP contribution in [-0.4, -0.2) is 81.8 Å². The zero-order chi connectivity index (χ0) is 17.1. The van der Waals surface area contributed by atoms with Gasteiger partial charge in [-0.2, -0.15) is 13.2 Å². The molecule has 0 unspecified atom stereocenters. The molecule has 1 heterocycles. The van der Waals surface area contributed by atoms with Crippen molar-refractivity contribution in [1.82, 2.24) is 20.4 Å². The van der Waals surface area contributed by atoms with E-state index in [1.165, 1.54) is 44.3 Å². The van der Waals surface area contributed by atoms with E-state index in [9.17, 15) is 13.2 Å². The molecule has 136 valence electrons. The van der Waals surface area contributed by atoms with E-state index < -0.39 is 12.7 Å². The monoisotopic (exact) mass is 337 g/mol. The summed E-state index contributed by atoms with van der Waals surface area (Å²) >= 11 is 0. The van der Waals surface area contributed by atoms with E-state index in [-0.39, 0.29) is 0 Å². The number of alkyl halides is 3. The molecule has 5 nitrogen and oxygen atoms in total. The standard InChI is InChI=1S/C15H30F3N5/c1-19-14(21-8-12-23-10-4-3-5-11-23)20-7-6-9-22(2)13-15(16,17)18/h3-13H2,1-2H3,(H2,19,20,21). The van der Waals surface area contributed by atoms with Crippen LogP contribution in [0.2, 0.25) is 0 Å². The molecule has 0 aromatic heterocycles. The number of halogens is 3. The normalized spacial score (nSPS) is 17.6. The molecule has 23 heavy (non-hydrogen) atoms. The molecule has 0 aromatic carbocycles. The van der Waals surface area contributed by atoms with Crippen molar-refractivity contribution in [2.75, 3.05) is 59.9 Å². The SMILES string of the molecule is CN=C(NCCCN(C)CC(F)(F)F)NCCN1CCCCC1. The molecule has 0 atom stereocenters. The lowest BCUT2D eigenvalue weighted by Gasteiger charge is -2.26. The molecule has 1 aliphatic rings. The number of piperidine rings is 1. The fourth-order valence-electron chi connectivity index (χ4n) is 2.68. The number of hydrogen-bond donors (Lipinski definition) is 2. The lowest BCUT2D eigenvalue weighted by atomic mass is 10.1. The van der Waals surface area contributed by atoms with Crippen LogP contribution in [0.5, 0.6) is 0 Å². The van der Waals surface area contributed by atoms with Gasteiger partial charge in [-0.25, -0.2) is 0 Å².